The molecule has 0 saturated carbocycles. The highest BCUT2D eigenvalue weighted by molar-refractivity contribution is 5.98. The maximum atomic E-state index is 13.0. The number of amides is 5. The van der Waals surface area contributed by atoms with Crippen molar-refractivity contribution in [3.05, 3.63) is 336 Å². The second kappa shape index (κ2) is 39.0. The number of benzene rings is 8. The van der Waals surface area contributed by atoms with Crippen LogP contribution in [0.25, 0.3) is 73.7 Å². The summed E-state index contributed by atoms with van der Waals surface area (Å²) in [7, 11) is 0. The fourth-order valence-corrected chi connectivity index (χ4v) is 13.5. The van der Waals surface area contributed by atoms with Crippen molar-refractivity contribution in [2.75, 3.05) is 6.54 Å². The minimum atomic E-state index is -1.04. The first kappa shape index (κ1) is 85.0. The third-order valence-electron chi connectivity index (χ3n) is 20.4. The van der Waals surface area contributed by atoms with Crippen molar-refractivity contribution in [3.63, 3.8) is 0 Å². The average Bonchev–Trinajstić information content (AvgIpc) is 1.64. The van der Waals surface area contributed by atoms with Crippen LogP contribution in [-0.4, -0.2) is 102 Å². The standard InChI is InChI=1S/C33H31N5O3.C33H32N4O2.C32H37N5O3/c1-33(2,3)24-13-15-25(16-14-24)38-29(20-28(37-38)27-6-4-5-19-35-27)21-7-9-23(10-8-21)32(41)36-30(31(34)40)22-11-17-26(39)18-12-22;1-33(2,3)26-13-15-27(16-14-26)37-31(22-30(36-37)29-6-4-5-20-34-29)24-9-11-25(12-10-24)32(39)35-21-19-23-7-17-28(38)18-8-23;1-22(2)24-13-15-25(16-14-24)37-26(21-29(36-37)28-9-6-7-19-34-28)8-4-3-5-10-31(39)35-30(32(33)40)20-23-11-17-27(38)18-12-23/h4-20,30,39H,1-3H3,(H2,34,40)(H,36,41);4-18,20,22,38H,19,21H2,1-3H3,(H,35,39);6-7,9,11-19,21-22,30,38H,3-5,8,10,20H2,1-2H3,(H2,33,40)(H,35,39). The van der Waals surface area contributed by atoms with Gasteiger partial charge in [-0.05, 0) is 227 Å². The summed E-state index contributed by atoms with van der Waals surface area (Å²) in [4.78, 5) is 75.7. The van der Waals surface area contributed by atoms with Crippen LogP contribution in [0, 0.1) is 0 Å². The monoisotopic (exact) mass is 1600 g/mol. The molecular weight excluding hydrogens is 1500 g/mol. The molecule has 22 nitrogen and oxygen atoms in total. The zero-order chi connectivity index (χ0) is 85.0. The Morgan fingerprint density at radius 3 is 1.26 bits per heavy atom. The van der Waals surface area contributed by atoms with E-state index in [1.165, 1.54) is 28.8 Å². The maximum Gasteiger partial charge on any atom is 0.252 e. The quantitative estimate of drug-likeness (QED) is 0.0222. The number of aromatic nitrogens is 9. The van der Waals surface area contributed by atoms with Gasteiger partial charge < -0.3 is 42.7 Å². The van der Waals surface area contributed by atoms with Crippen molar-refractivity contribution < 1.29 is 39.3 Å². The number of nitrogens with two attached hydrogens (primary N) is 2. The predicted octanol–water partition coefficient (Wildman–Crippen LogP) is 17.2. The Hall–Kier alpha value is -14.4. The molecule has 5 amide bonds. The van der Waals surface area contributed by atoms with Crippen LogP contribution in [0.4, 0.5) is 0 Å². The molecule has 0 aliphatic carbocycles. The number of phenolic OH excluding ortho intramolecular Hbond substituents is 3. The van der Waals surface area contributed by atoms with Crippen molar-refractivity contribution in [2.24, 2.45) is 11.5 Å². The van der Waals surface area contributed by atoms with E-state index in [1.54, 1.807) is 79.3 Å². The molecule has 14 aromatic rings. The Labute approximate surface area is 699 Å². The molecular formula is C98H100N14O8. The van der Waals surface area contributed by atoms with E-state index < -0.39 is 29.8 Å². The number of rotatable bonds is 27. The van der Waals surface area contributed by atoms with Gasteiger partial charge in [-0.2, -0.15) is 15.3 Å². The normalized spacial score (nSPS) is 11.8. The first-order valence-electron chi connectivity index (χ1n) is 40.1. The highest BCUT2D eigenvalue weighted by Crippen LogP contribution is 2.34. The molecule has 0 spiro atoms. The minimum absolute atomic E-state index is 0.0246. The van der Waals surface area contributed by atoms with Crippen molar-refractivity contribution >= 4 is 29.5 Å². The van der Waals surface area contributed by atoms with E-state index in [9.17, 15) is 39.3 Å². The number of nitrogens with zero attached hydrogens (tertiary/aromatic N) is 9. The number of carbonyl (C=O) groups is 5. The average molecular weight is 1600 g/mol. The highest BCUT2D eigenvalue weighted by atomic mass is 16.3. The molecule has 6 aromatic heterocycles. The van der Waals surface area contributed by atoms with Crippen molar-refractivity contribution in [3.8, 4) is 91.0 Å². The molecule has 120 heavy (non-hydrogen) atoms. The Balaban J connectivity index is 0.000000165. The van der Waals surface area contributed by atoms with Gasteiger partial charge in [-0.3, -0.25) is 38.9 Å². The van der Waals surface area contributed by atoms with E-state index in [0.29, 0.717) is 48.4 Å². The van der Waals surface area contributed by atoms with Gasteiger partial charge >= 0.3 is 0 Å². The molecule has 10 N–H and O–H groups in total. The van der Waals surface area contributed by atoms with E-state index in [4.69, 9.17) is 26.8 Å². The molecule has 14 rings (SSSR count). The van der Waals surface area contributed by atoms with Gasteiger partial charge in [-0.15, -0.1) is 0 Å². The van der Waals surface area contributed by atoms with Crippen molar-refractivity contribution in [1.82, 2.24) is 60.2 Å². The third-order valence-corrected chi connectivity index (χ3v) is 20.4. The van der Waals surface area contributed by atoms with Crippen LogP contribution >= 0.6 is 0 Å². The van der Waals surface area contributed by atoms with E-state index in [2.05, 4.69) is 153 Å². The van der Waals surface area contributed by atoms with Gasteiger partial charge in [0.1, 0.15) is 46.4 Å². The number of hydrogen-bond acceptors (Lipinski definition) is 14. The van der Waals surface area contributed by atoms with Gasteiger partial charge in [0.2, 0.25) is 17.7 Å². The molecule has 0 saturated heterocycles. The Morgan fingerprint density at radius 2 is 0.825 bits per heavy atom. The second-order valence-electron chi connectivity index (χ2n) is 31.8. The van der Waals surface area contributed by atoms with Gasteiger partial charge in [-0.25, -0.2) is 14.0 Å². The Kier molecular flexibility index (Phi) is 27.6. The Morgan fingerprint density at radius 1 is 0.408 bits per heavy atom. The molecule has 0 aliphatic rings. The summed E-state index contributed by atoms with van der Waals surface area (Å²) in [6.07, 6.45) is 9.78. The number of primary amides is 2. The number of phenols is 3. The Bertz CT molecular complexity index is 5750. The fourth-order valence-electron chi connectivity index (χ4n) is 13.5. The van der Waals surface area contributed by atoms with Crippen LogP contribution in [0.3, 0.4) is 0 Å². The SMILES string of the molecule is CC(C)(C)c1ccc(-n2nc(-c3ccccn3)cc2-c2ccc(C(=O)NC(C(N)=O)c3ccc(O)cc3)cc2)cc1.CC(C)(C)c1ccc(-n2nc(-c3ccccn3)cc2-c2ccc(C(=O)NCCc3ccc(O)cc3)cc2)cc1.CC(C)c1ccc(-n2nc(-c3ccccn3)cc2CCCCCC(=O)NC(Cc2ccc(O)cc2)C(N)=O)cc1. The van der Waals surface area contributed by atoms with Crippen LogP contribution in [-0.2, 0) is 44.5 Å². The summed E-state index contributed by atoms with van der Waals surface area (Å²) in [6, 6.07) is 81.0. The summed E-state index contributed by atoms with van der Waals surface area (Å²) < 4.78 is 5.80. The zero-order valence-electron chi connectivity index (χ0n) is 68.6. The molecule has 2 unspecified atom stereocenters. The molecule has 0 aliphatic heterocycles. The smallest absolute Gasteiger partial charge is 0.252 e. The summed E-state index contributed by atoms with van der Waals surface area (Å²) in [5.74, 6) is -1.18. The number of unbranched alkanes of at least 4 members (excludes halogenated alkanes) is 2. The molecule has 8 aromatic carbocycles. The molecule has 0 radical (unpaired) electrons. The van der Waals surface area contributed by atoms with Crippen LogP contribution in [0.5, 0.6) is 17.2 Å². The first-order chi connectivity index (χ1) is 57.7. The molecule has 22 heteroatoms. The number of hydrogen-bond donors (Lipinski definition) is 8. The van der Waals surface area contributed by atoms with E-state index in [1.807, 2.05) is 141 Å². The number of pyridine rings is 3. The fraction of sp³-hybridized carbons (Fsp3) is 0.214. The van der Waals surface area contributed by atoms with E-state index in [0.717, 1.165) is 110 Å². The van der Waals surface area contributed by atoms with Gasteiger partial charge in [0.15, 0.2) is 0 Å². The lowest BCUT2D eigenvalue weighted by Crippen LogP contribution is -2.45. The van der Waals surface area contributed by atoms with E-state index in [-0.39, 0.29) is 46.3 Å². The lowest BCUT2D eigenvalue weighted by atomic mass is 9.87. The van der Waals surface area contributed by atoms with Gasteiger partial charge in [0.25, 0.3) is 11.8 Å². The zero-order valence-corrected chi connectivity index (χ0v) is 68.6. The van der Waals surface area contributed by atoms with Gasteiger partial charge in [0, 0.05) is 65.9 Å². The number of aromatic hydroxyl groups is 3. The van der Waals surface area contributed by atoms with Crippen molar-refractivity contribution in [1.29, 1.82) is 0 Å². The summed E-state index contributed by atoms with van der Waals surface area (Å²) in [6.45, 7) is 18.0. The van der Waals surface area contributed by atoms with Gasteiger partial charge in [-0.1, -0.05) is 177 Å². The second-order valence-corrected chi connectivity index (χ2v) is 31.8. The topological polar surface area (TPSA) is 326 Å². The first-order valence-corrected chi connectivity index (χ1v) is 40.1. The lowest BCUT2D eigenvalue weighted by molar-refractivity contribution is -0.127. The van der Waals surface area contributed by atoms with Gasteiger partial charge in [0.05, 0.1) is 45.5 Å². The molecule has 0 fully saturated rings. The minimum Gasteiger partial charge on any atom is -0.508 e. The number of aryl methyl sites for hydroxylation is 1. The van der Waals surface area contributed by atoms with Crippen LogP contribution in [0.15, 0.2) is 286 Å². The summed E-state index contributed by atoms with van der Waals surface area (Å²) in [5.41, 5.74) is 30.4. The third kappa shape index (κ3) is 22.6. The highest BCUT2D eigenvalue weighted by Gasteiger charge is 2.25. The van der Waals surface area contributed by atoms with Crippen LogP contribution in [0.2, 0.25) is 0 Å². The maximum absolute atomic E-state index is 13.0. The summed E-state index contributed by atoms with van der Waals surface area (Å²) >= 11 is 0. The number of nitrogens with one attached hydrogen (secondary N) is 3. The molecule has 610 valence electrons. The molecule has 6 heterocycles. The largest absolute Gasteiger partial charge is 0.508 e. The number of carbonyl (C=O) groups excluding carboxylic acids is 5. The van der Waals surface area contributed by atoms with Crippen LogP contribution < -0.4 is 27.4 Å². The van der Waals surface area contributed by atoms with Crippen molar-refractivity contribution in [2.45, 2.75) is 129 Å². The molecule has 2 atom stereocenters. The predicted molar refractivity (Wildman–Crippen MR) is 470 cm³/mol. The van der Waals surface area contributed by atoms with Crippen LogP contribution in [0.1, 0.15) is 153 Å². The lowest BCUT2D eigenvalue weighted by Gasteiger charge is -2.19. The summed E-state index contributed by atoms with van der Waals surface area (Å²) in [5, 5.41) is 51.5. The molecule has 0 bridgehead atoms. The van der Waals surface area contributed by atoms with E-state index >= 15 is 0 Å².